The molecule has 0 saturated carbocycles. The normalized spacial score (nSPS) is 20.7. The molecule has 0 radical (unpaired) electrons. The van der Waals surface area contributed by atoms with E-state index in [-0.39, 0.29) is 0 Å². The van der Waals surface area contributed by atoms with E-state index < -0.39 is 0 Å². The second-order valence-electron chi connectivity index (χ2n) is 6.77. The maximum absolute atomic E-state index is 4.24. The van der Waals surface area contributed by atoms with Gasteiger partial charge in [0.25, 0.3) is 0 Å². The summed E-state index contributed by atoms with van der Waals surface area (Å²) < 4.78 is 1.87. The van der Waals surface area contributed by atoms with Crippen molar-refractivity contribution in [2.45, 2.75) is 58.2 Å². The minimum atomic E-state index is 0.305. The smallest absolute Gasteiger partial charge is 0.0537 e. The first-order chi connectivity index (χ1) is 8.86. The lowest BCUT2D eigenvalue weighted by Crippen LogP contribution is -2.50. The van der Waals surface area contributed by atoms with E-state index in [2.05, 4.69) is 49.2 Å². The summed E-state index contributed by atoms with van der Waals surface area (Å²) in [7, 11) is 1.97. The Balaban J connectivity index is 1.82. The molecular weight excluding hydrogens is 236 g/mol. The van der Waals surface area contributed by atoms with Gasteiger partial charge in [-0.15, -0.1) is 0 Å². The van der Waals surface area contributed by atoms with Gasteiger partial charge in [0, 0.05) is 49.5 Å². The molecule has 1 saturated heterocycles. The van der Waals surface area contributed by atoms with Crippen molar-refractivity contribution in [2.24, 2.45) is 7.05 Å². The maximum atomic E-state index is 4.24. The molecule has 1 aliphatic heterocycles. The van der Waals surface area contributed by atoms with Crippen molar-refractivity contribution in [2.75, 3.05) is 13.1 Å². The minimum absolute atomic E-state index is 0.305. The Bertz CT molecular complexity index is 397. The Morgan fingerprint density at radius 3 is 2.42 bits per heavy atom. The van der Waals surface area contributed by atoms with E-state index in [0.717, 1.165) is 0 Å². The SMILES string of the molecule is CC(NC1CCN(C(C)(C)C)CC1)c1cnn(C)c1. The van der Waals surface area contributed by atoms with E-state index in [1.54, 1.807) is 0 Å². The van der Waals surface area contributed by atoms with E-state index in [0.29, 0.717) is 17.6 Å². The lowest BCUT2D eigenvalue weighted by atomic mass is 9.97. The molecule has 0 aromatic carbocycles. The van der Waals surface area contributed by atoms with Crippen LogP contribution in [-0.4, -0.2) is 39.4 Å². The van der Waals surface area contributed by atoms with Crippen LogP contribution in [0.4, 0.5) is 0 Å². The number of nitrogens with one attached hydrogen (secondary N) is 1. The average Bonchev–Trinajstić information content (AvgIpc) is 2.75. The molecule has 1 aromatic heterocycles. The van der Waals surface area contributed by atoms with Crippen LogP contribution >= 0.6 is 0 Å². The van der Waals surface area contributed by atoms with Gasteiger partial charge < -0.3 is 5.32 Å². The predicted molar refractivity (Wildman–Crippen MR) is 79.1 cm³/mol. The molecule has 4 heteroatoms. The summed E-state index contributed by atoms with van der Waals surface area (Å²) in [5, 5.41) is 7.98. The molecule has 1 N–H and O–H groups in total. The molecule has 1 atom stereocenters. The van der Waals surface area contributed by atoms with Crippen LogP contribution in [-0.2, 0) is 7.05 Å². The Kier molecular flexibility index (Phi) is 4.31. The van der Waals surface area contributed by atoms with Crippen molar-refractivity contribution >= 4 is 0 Å². The monoisotopic (exact) mass is 264 g/mol. The van der Waals surface area contributed by atoms with Crippen molar-refractivity contribution in [1.82, 2.24) is 20.0 Å². The first-order valence-corrected chi connectivity index (χ1v) is 7.36. The number of nitrogens with zero attached hydrogens (tertiary/aromatic N) is 3. The summed E-state index contributed by atoms with van der Waals surface area (Å²) in [5.41, 5.74) is 1.58. The lowest BCUT2D eigenvalue weighted by molar-refractivity contribution is 0.0942. The van der Waals surface area contributed by atoms with Gasteiger partial charge in [-0.3, -0.25) is 9.58 Å². The number of aryl methyl sites for hydroxylation is 1. The van der Waals surface area contributed by atoms with Gasteiger partial charge in [0.1, 0.15) is 0 Å². The van der Waals surface area contributed by atoms with Crippen molar-refractivity contribution in [3.05, 3.63) is 18.0 Å². The second-order valence-corrected chi connectivity index (χ2v) is 6.77. The number of rotatable bonds is 3. The fourth-order valence-electron chi connectivity index (χ4n) is 2.83. The van der Waals surface area contributed by atoms with Gasteiger partial charge in [0.15, 0.2) is 0 Å². The molecule has 19 heavy (non-hydrogen) atoms. The highest BCUT2D eigenvalue weighted by atomic mass is 15.2. The van der Waals surface area contributed by atoms with Gasteiger partial charge in [0.2, 0.25) is 0 Å². The number of likely N-dealkylation sites (tertiary alicyclic amines) is 1. The van der Waals surface area contributed by atoms with E-state index in [1.165, 1.54) is 31.5 Å². The fraction of sp³-hybridized carbons (Fsp3) is 0.800. The quantitative estimate of drug-likeness (QED) is 0.909. The number of hydrogen-bond donors (Lipinski definition) is 1. The Morgan fingerprint density at radius 2 is 1.95 bits per heavy atom. The van der Waals surface area contributed by atoms with Crippen LogP contribution in [0.3, 0.4) is 0 Å². The molecule has 1 aliphatic rings. The Labute approximate surface area is 117 Å². The van der Waals surface area contributed by atoms with Crippen LogP contribution in [0.1, 0.15) is 52.1 Å². The Hall–Kier alpha value is -0.870. The average molecular weight is 264 g/mol. The van der Waals surface area contributed by atoms with Crippen LogP contribution in [0, 0.1) is 0 Å². The fourth-order valence-corrected chi connectivity index (χ4v) is 2.83. The standard InChI is InChI=1S/C15H28N4/c1-12(13-10-16-18(5)11-13)17-14-6-8-19(9-7-14)15(2,3)4/h10-12,14,17H,6-9H2,1-5H3. The molecule has 1 aromatic rings. The topological polar surface area (TPSA) is 33.1 Å². The van der Waals surface area contributed by atoms with Gasteiger partial charge in [-0.2, -0.15) is 5.10 Å². The highest BCUT2D eigenvalue weighted by Gasteiger charge is 2.27. The van der Waals surface area contributed by atoms with Gasteiger partial charge in [-0.05, 0) is 40.5 Å². The summed E-state index contributed by atoms with van der Waals surface area (Å²) in [4.78, 5) is 2.58. The molecule has 0 bridgehead atoms. The molecule has 1 fully saturated rings. The number of piperidine rings is 1. The summed E-state index contributed by atoms with van der Waals surface area (Å²) in [6, 6.07) is 1.02. The molecule has 2 rings (SSSR count). The molecule has 1 unspecified atom stereocenters. The molecule has 108 valence electrons. The number of hydrogen-bond acceptors (Lipinski definition) is 3. The summed E-state index contributed by atoms with van der Waals surface area (Å²) in [6.07, 6.45) is 6.54. The number of aromatic nitrogens is 2. The van der Waals surface area contributed by atoms with E-state index >= 15 is 0 Å². The first-order valence-electron chi connectivity index (χ1n) is 7.36. The summed E-state index contributed by atoms with van der Waals surface area (Å²) in [5.74, 6) is 0. The second kappa shape index (κ2) is 5.63. The predicted octanol–water partition coefficient (Wildman–Crippen LogP) is 2.33. The third kappa shape index (κ3) is 3.80. The van der Waals surface area contributed by atoms with Crippen molar-refractivity contribution in [3.63, 3.8) is 0 Å². The zero-order valence-corrected chi connectivity index (χ0v) is 13.0. The zero-order chi connectivity index (χ0) is 14.0. The maximum Gasteiger partial charge on any atom is 0.0537 e. The molecule has 0 aliphatic carbocycles. The lowest BCUT2D eigenvalue weighted by Gasteiger charge is -2.41. The Morgan fingerprint density at radius 1 is 1.32 bits per heavy atom. The van der Waals surface area contributed by atoms with Crippen molar-refractivity contribution in [1.29, 1.82) is 0 Å². The van der Waals surface area contributed by atoms with Crippen molar-refractivity contribution in [3.8, 4) is 0 Å². The largest absolute Gasteiger partial charge is 0.307 e. The highest BCUT2D eigenvalue weighted by Crippen LogP contribution is 2.22. The van der Waals surface area contributed by atoms with Crippen LogP contribution in [0.5, 0.6) is 0 Å². The molecule has 2 heterocycles. The van der Waals surface area contributed by atoms with Gasteiger partial charge >= 0.3 is 0 Å². The van der Waals surface area contributed by atoms with Crippen molar-refractivity contribution < 1.29 is 0 Å². The summed E-state index contributed by atoms with van der Waals surface area (Å²) in [6.45, 7) is 11.5. The zero-order valence-electron chi connectivity index (χ0n) is 13.0. The molecular formula is C15H28N4. The van der Waals surface area contributed by atoms with Gasteiger partial charge in [-0.1, -0.05) is 0 Å². The first kappa shape index (κ1) is 14.5. The third-order valence-electron chi connectivity index (χ3n) is 4.15. The molecule has 0 spiro atoms. The molecule has 4 nitrogen and oxygen atoms in total. The third-order valence-corrected chi connectivity index (χ3v) is 4.15. The van der Waals surface area contributed by atoms with Crippen LogP contribution in [0.15, 0.2) is 12.4 Å². The minimum Gasteiger partial charge on any atom is -0.307 e. The van der Waals surface area contributed by atoms with E-state index in [1.807, 2.05) is 17.9 Å². The van der Waals surface area contributed by atoms with E-state index in [4.69, 9.17) is 0 Å². The molecule has 0 amide bonds. The highest BCUT2D eigenvalue weighted by molar-refractivity contribution is 5.09. The van der Waals surface area contributed by atoms with Gasteiger partial charge in [0.05, 0.1) is 6.20 Å². The summed E-state index contributed by atoms with van der Waals surface area (Å²) >= 11 is 0. The van der Waals surface area contributed by atoms with Crippen LogP contribution < -0.4 is 5.32 Å². The van der Waals surface area contributed by atoms with E-state index in [9.17, 15) is 0 Å². The van der Waals surface area contributed by atoms with Crippen LogP contribution in [0.2, 0.25) is 0 Å². The van der Waals surface area contributed by atoms with Gasteiger partial charge in [-0.25, -0.2) is 0 Å². The van der Waals surface area contributed by atoms with Crippen LogP contribution in [0.25, 0.3) is 0 Å².